The second-order valence-corrected chi connectivity index (χ2v) is 7.54. The molecule has 0 saturated heterocycles. The molecule has 1 aliphatic carbocycles. The maximum atomic E-state index is 13.3. The Morgan fingerprint density at radius 1 is 1.16 bits per heavy atom. The van der Waals surface area contributed by atoms with Gasteiger partial charge in [0.05, 0.1) is 17.6 Å². The lowest BCUT2D eigenvalue weighted by Gasteiger charge is -2.11. The summed E-state index contributed by atoms with van der Waals surface area (Å²) in [5.41, 5.74) is 1.04. The number of carbonyl (C=O) groups is 2. The van der Waals surface area contributed by atoms with E-state index in [2.05, 4.69) is 0 Å². The summed E-state index contributed by atoms with van der Waals surface area (Å²) in [6.07, 6.45) is 1.50. The SMILES string of the molecule is CN1C(=O)[C@@]2(c3ccccc31)[C@H](C(=O)c1ccco1)[C@H]2c1cccs1. The molecule has 1 aromatic carbocycles. The fraction of sp³-hybridized carbons (Fsp3) is 0.200. The number of furan rings is 1. The number of amides is 1. The van der Waals surface area contributed by atoms with Gasteiger partial charge >= 0.3 is 0 Å². The lowest BCUT2D eigenvalue weighted by molar-refractivity contribution is -0.120. The van der Waals surface area contributed by atoms with Crippen molar-refractivity contribution in [2.75, 3.05) is 11.9 Å². The van der Waals surface area contributed by atoms with Crippen LogP contribution in [0.3, 0.4) is 0 Å². The summed E-state index contributed by atoms with van der Waals surface area (Å²) in [6.45, 7) is 0. The minimum atomic E-state index is -0.805. The number of hydrogen-bond donors (Lipinski definition) is 0. The molecular formula is C20H15NO3S. The lowest BCUT2D eigenvalue weighted by Crippen LogP contribution is -2.31. The average molecular weight is 349 g/mol. The highest BCUT2D eigenvalue weighted by molar-refractivity contribution is 7.10. The average Bonchev–Trinajstić information content (AvgIpc) is 3.10. The Bertz CT molecular complexity index is 976. The van der Waals surface area contributed by atoms with E-state index in [0.29, 0.717) is 5.76 Å². The molecule has 124 valence electrons. The predicted octanol–water partition coefficient (Wildman–Crippen LogP) is 3.85. The molecule has 0 unspecified atom stereocenters. The zero-order valence-electron chi connectivity index (χ0n) is 13.5. The van der Waals surface area contributed by atoms with Crippen LogP contribution in [0.25, 0.3) is 0 Å². The van der Waals surface area contributed by atoms with Gasteiger partial charge in [-0.2, -0.15) is 0 Å². The molecule has 3 atom stereocenters. The summed E-state index contributed by atoms with van der Waals surface area (Å²) >= 11 is 1.60. The summed E-state index contributed by atoms with van der Waals surface area (Å²) in [7, 11) is 1.79. The Balaban J connectivity index is 1.71. The Morgan fingerprint density at radius 2 is 2.00 bits per heavy atom. The minimum absolute atomic E-state index is 0.00277. The van der Waals surface area contributed by atoms with Crippen LogP contribution in [0.2, 0.25) is 0 Å². The number of thiophene rings is 1. The van der Waals surface area contributed by atoms with Crippen LogP contribution in [0.1, 0.15) is 26.9 Å². The number of Topliss-reactive ketones (excluding diaryl/α,β-unsaturated/α-hetero) is 1. The first-order valence-electron chi connectivity index (χ1n) is 8.16. The summed E-state index contributed by atoms with van der Waals surface area (Å²) in [5.74, 6) is -0.332. The van der Waals surface area contributed by atoms with Gasteiger partial charge in [-0.3, -0.25) is 9.59 Å². The molecule has 1 fully saturated rings. The van der Waals surface area contributed by atoms with E-state index in [1.807, 2.05) is 41.8 Å². The van der Waals surface area contributed by atoms with Crippen LogP contribution >= 0.6 is 11.3 Å². The lowest BCUT2D eigenvalue weighted by atomic mass is 9.91. The van der Waals surface area contributed by atoms with Gasteiger partial charge in [0, 0.05) is 23.5 Å². The number of carbonyl (C=O) groups excluding carboxylic acids is 2. The highest BCUT2D eigenvalue weighted by Gasteiger charge is 2.77. The van der Waals surface area contributed by atoms with Gasteiger partial charge in [0.25, 0.3) is 0 Å². The molecular weight excluding hydrogens is 334 g/mol. The van der Waals surface area contributed by atoms with Crippen LogP contribution in [0, 0.1) is 5.92 Å². The second-order valence-electron chi connectivity index (χ2n) is 6.56. The van der Waals surface area contributed by atoms with Crippen LogP contribution in [0.4, 0.5) is 5.69 Å². The van der Waals surface area contributed by atoms with Crippen molar-refractivity contribution in [3.8, 4) is 0 Å². The molecule has 3 heterocycles. The van der Waals surface area contributed by atoms with Crippen molar-refractivity contribution in [3.63, 3.8) is 0 Å². The Labute approximate surface area is 148 Å². The van der Waals surface area contributed by atoms with Crippen molar-refractivity contribution in [2.45, 2.75) is 11.3 Å². The summed E-state index contributed by atoms with van der Waals surface area (Å²) in [4.78, 5) is 29.2. The maximum Gasteiger partial charge on any atom is 0.238 e. The molecule has 1 spiro atoms. The van der Waals surface area contributed by atoms with Crippen LogP contribution in [-0.2, 0) is 10.2 Å². The summed E-state index contributed by atoms with van der Waals surface area (Å²) < 4.78 is 5.34. The highest BCUT2D eigenvalue weighted by atomic mass is 32.1. The normalized spacial score (nSPS) is 26.9. The molecule has 0 radical (unpaired) electrons. The fourth-order valence-electron chi connectivity index (χ4n) is 4.39. The first-order valence-corrected chi connectivity index (χ1v) is 9.04. The number of nitrogens with zero attached hydrogens (tertiary/aromatic N) is 1. The van der Waals surface area contributed by atoms with Crippen LogP contribution in [-0.4, -0.2) is 18.7 Å². The summed E-state index contributed by atoms with van der Waals surface area (Å²) in [6, 6.07) is 15.1. The first kappa shape index (κ1) is 14.7. The van der Waals surface area contributed by atoms with E-state index in [-0.39, 0.29) is 17.6 Å². The molecule has 1 amide bonds. The highest BCUT2D eigenvalue weighted by Crippen LogP contribution is 2.71. The van der Waals surface area contributed by atoms with Gasteiger partial charge in [0.2, 0.25) is 11.7 Å². The quantitative estimate of drug-likeness (QED) is 0.675. The van der Waals surface area contributed by atoms with Crippen LogP contribution < -0.4 is 4.90 Å². The second kappa shape index (κ2) is 4.92. The largest absolute Gasteiger partial charge is 0.461 e. The van der Waals surface area contributed by atoms with Gasteiger partial charge in [-0.05, 0) is 35.2 Å². The Kier molecular flexibility index (Phi) is 2.89. The standard InChI is InChI=1S/C20H15NO3S/c1-21-13-7-3-2-6-12(13)20(19(21)23)16(15-9-5-11-25-15)17(20)18(22)14-8-4-10-24-14/h2-11,16-17H,1H3/t16-,17+,20-/m1/s1. The Morgan fingerprint density at radius 3 is 2.72 bits per heavy atom. The molecule has 5 rings (SSSR count). The number of fused-ring (bicyclic) bond motifs is 2. The van der Waals surface area contributed by atoms with Gasteiger partial charge in [-0.1, -0.05) is 24.3 Å². The number of benzene rings is 1. The smallest absolute Gasteiger partial charge is 0.238 e. The minimum Gasteiger partial charge on any atom is -0.461 e. The molecule has 1 saturated carbocycles. The van der Waals surface area contributed by atoms with Crippen molar-refractivity contribution >= 4 is 28.7 Å². The van der Waals surface area contributed by atoms with Gasteiger partial charge in [-0.25, -0.2) is 0 Å². The molecule has 0 bridgehead atoms. The Hall–Kier alpha value is -2.66. The molecule has 25 heavy (non-hydrogen) atoms. The number of rotatable bonds is 3. The number of anilines is 1. The van der Waals surface area contributed by atoms with Crippen molar-refractivity contribution in [1.82, 2.24) is 0 Å². The molecule has 3 aromatic rings. The molecule has 0 N–H and O–H groups in total. The molecule has 2 aliphatic rings. The number of para-hydroxylation sites is 1. The topological polar surface area (TPSA) is 50.5 Å². The van der Waals surface area contributed by atoms with E-state index in [9.17, 15) is 9.59 Å². The third kappa shape index (κ3) is 1.71. The van der Waals surface area contributed by atoms with Crippen molar-refractivity contribution in [2.24, 2.45) is 5.92 Å². The van der Waals surface area contributed by atoms with E-state index in [1.54, 1.807) is 35.4 Å². The van der Waals surface area contributed by atoms with E-state index >= 15 is 0 Å². The van der Waals surface area contributed by atoms with Crippen molar-refractivity contribution in [3.05, 3.63) is 76.4 Å². The zero-order chi connectivity index (χ0) is 17.2. The maximum absolute atomic E-state index is 13.3. The third-order valence-corrected chi connectivity index (χ3v) is 6.43. The van der Waals surface area contributed by atoms with Crippen molar-refractivity contribution in [1.29, 1.82) is 0 Å². The van der Waals surface area contributed by atoms with Gasteiger partial charge in [0.15, 0.2) is 5.76 Å². The number of ketones is 1. The predicted molar refractivity (Wildman–Crippen MR) is 95.1 cm³/mol. The van der Waals surface area contributed by atoms with E-state index < -0.39 is 11.3 Å². The number of likely N-dealkylation sites (N-methyl/N-ethyl adjacent to an activating group) is 1. The summed E-state index contributed by atoms with van der Waals surface area (Å²) in [5, 5.41) is 1.99. The molecule has 2 aromatic heterocycles. The molecule has 4 nitrogen and oxygen atoms in total. The van der Waals surface area contributed by atoms with Gasteiger partial charge in [-0.15, -0.1) is 11.3 Å². The number of hydrogen-bond acceptors (Lipinski definition) is 4. The molecule has 5 heteroatoms. The van der Waals surface area contributed by atoms with Crippen LogP contribution in [0.15, 0.2) is 64.6 Å². The van der Waals surface area contributed by atoms with E-state index in [1.165, 1.54) is 6.26 Å². The monoisotopic (exact) mass is 349 g/mol. The van der Waals surface area contributed by atoms with Crippen LogP contribution in [0.5, 0.6) is 0 Å². The first-order chi connectivity index (χ1) is 12.2. The fourth-order valence-corrected chi connectivity index (χ4v) is 5.33. The van der Waals surface area contributed by atoms with E-state index in [4.69, 9.17) is 4.42 Å². The zero-order valence-corrected chi connectivity index (χ0v) is 14.3. The van der Waals surface area contributed by atoms with Gasteiger partial charge in [0.1, 0.15) is 0 Å². The van der Waals surface area contributed by atoms with Crippen molar-refractivity contribution < 1.29 is 14.0 Å². The van der Waals surface area contributed by atoms with E-state index in [0.717, 1.165) is 16.1 Å². The third-order valence-electron chi connectivity index (χ3n) is 5.47. The molecule has 1 aliphatic heterocycles. The van der Waals surface area contributed by atoms with Gasteiger partial charge < -0.3 is 9.32 Å².